The van der Waals surface area contributed by atoms with E-state index in [1.807, 2.05) is 0 Å². The third kappa shape index (κ3) is 9.89. The largest absolute Gasteiger partial charge is 0.462 e. The summed E-state index contributed by atoms with van der Waals surface area (Å²) in [6, 6.07) is 4.47. The highest BCUT2D eigenvalue weighted by molar-refractivity contribution is 7.93. The molecule has 7 rings (SSSR count). The number of carbonyl (C=O) groups excluding carboxylic acids is 3. The molecule has 0 bridgehead atoms. The second-order valence-electron chi connectivity index (χ2n) is 16.8. The monoisotopic (exact) mass is 1050 g/mol. The maximum atomic E-state index is 15.5. The fourth-order valence-corrected chi connectivity index (χ4v) is 9.27. The van der Waals surface area contributed by atoms with Gasteiger partial charge in [0.1, 0.15) is 40.9 Å². The third-order valence-electron chi connectivity index (χ3n) is 11.4. The second-order valence-corrected chi connectivity index (χ2v) is 21.6. The van der Waals surface area contributed by atoms with Crippen molar-refractivity contribution >= 4 is 66.0 Å². The van der Waals surface area contributed by atoms with E-state index in [9.17, 15) is 66.3 Å². The molecule has 0 spiro atoms. The Hall–Kier alpha value is -6.27. The number of hydrogen-bond acceptors (Lipinski definition) is 11. The predicted molar refractivity (Wildman–Crippen MR) is 227 cm³/mol. The molecule has 1 fully saturated rings. The van der Waals surface area contributed by atoms with Gasteiger partial charge in [0, 0.05) is 34.9 Å². The number of sulfonamides is 1. The molecule has 0 aliphatic heterocycles. The number of esters is 1. The fourth-order valence-electron chi connectivity index (χ4n) is 7.97. The third-order valence-corrected chi connectivity index (χ3v) is 14.6. The summed E-state index contributed by atoms with van der Waals surface area (Å²) in [5.41, 5.74) is -6.23. The number of sulfone groups is 1. The molecule has 1 saturated carbocycles. The Morgan fingerprint density at radius 3 is 2.16 bits per heavy atom. The maximum absolute atomic E-state index is 15.5. The van der Waals surface area contributed by atoms with Crippen LogP contribution in [-0.4, -0.2) is 89.7 Å². The van der Waals surface area contributed by atoms with E-state index in [0.29, 0.717) is 19.4 Å². The van der Waals surface area contributed by atoms with E-state index < -0.39 is 160 Å². The molecule has 15 nitrogen and oxygen atoms in total. The summed E-state index contributed by atoms with van der Waals surface area (Å²) in [6.45, 7) is -0.925. The lowest BCUT2D eigenvalue weighted by atomic mass is 9.93. The first-order chi connectivity index (χ1) is 32.1. The average Bonchev–Trinajstić information content (AvgIpc) is 3.73. The Morgan fingerprint density at radius 2 is 1.59 bits per heavy atom. The lowest BCUT2D eigenvalue weighted by Gasteiger charge is -2.23. The molecule has 2 aromatic carbocycles. The number of nitrogens with one attached hydrogen (secondary N) is 1. The van der Waals surface area contributed by atoms with Gasteiger partial charge in [-0.15, -0.1) is 0 Å². The molecular weight excluding hydrogens is 1020 g/mol. The van der Waals surface area contributed by atoms with Crippen LogP contribution in [-0.2, 0) is 70.6 Å². The highest BCUT2D eigenvalue weighted by Crippen LogP contribution is 2.68. The van der Waals surface area contributed by atoms with Crippen molar-refractivity contribution in [2.75, 3.05) is 23.9 Å². The van der Waals surface area contributed by atoms with Crippen LogP contribution in [0.5, 0.6) is 0 Å². The predicted octanol–water partition coefficient (Wildman–Crippen LogP) is 6.76. The number of methoxy groups -OCH3 is 1. The van der Waals surface area contributed by atoms with Gasteiger partial charge in [0.25, 0.3) is 5.92 Å². The Bertz CT molecular complexity index is 3310. The van der Waals surface area contributed by atoms with Gasteiger partial charge in [0.15, 0.2) is 21.3 Å². The minimum absolute atomic E-state index is 0.164. The zero-order valence-corrected chi connectivity index (χ0v) is 38.9. The van der Waals surface area contributed by atoms with Crippen molar-refractivity contribution in [3.05, 3.63) is 93.0 Å². The van der Waals surface area contributed by atoms with Crippen molar-refractivity contribution in [1.29, 1.82) is 0 Å². The van der Waals surface area contributed by atoms with Crippen LogP contribution in [0.1, 0.15) is 66.1 Å². The van der Waals surface area contributed by atoms with Gasteiger partial charge in [0.2, 0.25) is 15.9 Å². The Morgan fingerprint density at radius 1 is 0.957 bits per heavy atom. The van der Waals surface area contributed by atoms with Crippen molar-refractivity contribution in [2.24, 2.45) is 5.92 Å². The second kappa shape index (κ2) is 17.5. The Balaban J connectivity index is 1.50. The zero-order chi connectivity index (χ0) is 52.0. The highest BCUT2D eigenvalue weighted by atomic mass is 35.5. The molecule has 2 aliphatic rings. The molecule has 3 aromatic heterocycles. The van der Waals surface area contributed by atoms with Crippen LogP contribution >= 0.6 is 11.6 Å². The van der Waals surface area contributed by atoms with Crippen LogP contribution in [0.15, 0.2) is 42.5 Å². The van der Waals surface area contributed by atoms with E-state index in [1.54, 1.807) is 0 Å². The summed E-state index contributed by atoms with van der Waals surface area (Å²) in [6.07, 6.45) is -10.2. The molecule has 2 aliphatic carbocycles. The lowest BCUT2D eigenvalue weighted by Crippen LogP contribution is -2.41. The van der Waals surface area contributed by atoms with Gasteiger partial charge in [-0.1, -0.05) is 23.6 Å². The van der Waals surface area contributed by atoms with Gasteiger partial charge in [0.05, 0.1) is 41.0 Å². The lowest BCUT2D eigenvalue weighted by molar-refractivity contribution is -0.150. The van der Waals surface area contributed by atoms with E-state index >= 15 is 8.78 Å². The van der Waals surface area contributed by atoms with Crippen LogP contribution in [0.4, 0.5) is 49.7 Å². The van der Waals surface area contributed by atoms with Crippen LogP contribution in [0, 0.1) is 29.4 Å². The van der Waals surface area contributed by atoms with Gasteiger partial charge < -0.3 is 10.1 Å². The van der Waals surface area contributed by atoms with Crippen LogP contribution in [0.25, 0.3) is 22.0 Å². The number of hydrogen-bond donors (Lipinski definition) is 1. The standard InChI is InChI=1S/C42H34ClF10N7O8S2/c1-39(2,69(4,64)65)11-10-22-6-7-23(24-8-9-27(43)31-33(24)59(18-40(46,47)48)57-36(31)60(70(5,66)67)37(62)38(63)68-3)32(54-22)28(14-19-12-20(44)15-21(45)13-19)55-29(61)17-58-35-30(34(56-58)42(51,52)53)25-16-26(25)41(35,49)50/h6-9,12-13,15,25-26,28H,14,16-18H2,1-5H3,(H,55,61)/t25?,26-,28+/m1/s1. The number of carbonyl (C=O) groups is 3. The number of anilines is 1. The van der Waals surface area contributed by atoms with E-state index in [1.165, 1.54) is 13.8 Å². The van der Waals surface area contributed by atoms with Crippen molar-refractivity contribution < 1.29 is 79.9 Å². The molecule has 28 heteroatoms. The van der Waals surface area contributed by atoms with Gasteiger partial charge >= 0.3 is 24.2 Å². The summed E-state index contributed by atoms with van der Waals surface area (Å²) in [4.78, 5) is 44.2. The number of nitrogens with zero attached hydrogens (tertiary/aromatic N) is 6. The minimum atomic E-state index is -5.23. The minimum Gasteiger partial charge on any atom is -0.462 e. The molecule has 3 heterocycles. The number of halogens is 11. The highest BCUT2D eigenvalue weighted by Gasteiger charge is 2.68. The van der Waals surface area contributed by atoms with Gasteiger partial charge in [-0.3, -0.25) is 19.0 Å². The number of amides is 2. The quantitative estimate of drug-likeness (QED) is 0.0637. The SMILES string of the molecule is COC(=O)C(=O)N(c1nn(CC(F)(F)F)c2c(-c3ccc(C#CC(C)(C)S(C)(=O)=O)nc3[C@H](Cc3cc(F)cc(F)c3)NC(=O)Cn3nc(C(F)(F)F)c4c3C(F)(F)[C@@H]3CC43)ccc(Cl)c12)S(C)(=O)=O. The summed E-state index contributed by atoms with van der Waals surface area (Å²) in [7, 11) is -8.19. The average molecular weight is 1050 g/mol. The van der Waals surface area contributed by atoms with Gasteiger partial charge in [-0.2, -0.15) is 49.6 Å². The molecule has 0 radical (unpaired) electrons. The van der Waals surface area contributed by atoms with E-state index in [2.05, 4.69) is 37.1 Å². The Kier molecular flexibility index (Phi) is 12.9. The first kappa shape index (κ1) is 51.6. The summed E-state index contributed by atoms with van der Waals surface area (Å²) in [5.74, 6) is -10.1. The molecule has 1 unspecified atom stereocenters. The van der Waals surface area contributed by atoms with E-state index in [4.69, 9.17) is 11.6 Å². The first-order valence-corrected chi connectivity index (χ1v) is 24.2. The maximum Gasteiger partial charge on any atom is 0.435 e. The van der Waals surface area contributed by atoms with Crippen molar-refractivity contribution in [3.8, 4) is 23.0 Å². The fraction of sp³-hybridized carbons (Fsp3) is 0.381. The van der Waals surface area contributed by atoms with Crippen LogP contribution in [0.2, 0.25) is 5.02 Å². The van der Waals surface area contributed by atoms with Crippen LogP contribution < -0.4 is 9.62 Å². The number of ether oxygens (including phenoxy) is 1. The number of aromatic nitrogens is 5. The summed E-state index contributed by atoms with van der Waals surface area (Å²) >= 11 is 6.52. The van der Waals surface area contributed by atoms with Crippen molar-refractivity contribution in [2.45, 2.75) is 74.8 Å². The molecule has 374 valence electrons. The van der Waals surface area contributed by atoms with Crippen LogP contribution in [0.3, 0.4) is 0 Å². The molecule has 0 saturated heterocycles. The van der Waals surface area contributed by atoms with Gasteiger partial charge in [-0.05, 0) is 74.4 Å². The smallest absolute Gasteiger partial charge is 0.435 e. The van der Waals surface area contributed by atoms with Crippen molar-refractivity contribution in [1.82, 2.24) is 29.9 Å². The molecule has 5 aromatic rings. The van der Waals surface area contributed by atoms with Gasteiger partial charge in [-0.25, -0.2) is 35.4 Å². The number of benzene rings is 2. The molecule has 2 amide bonds. The number of pyridine rings is 1. The summed E-state index contributed by atoms with van der Waals surface area (Å²) < 4.78 is 200. The van der Waals surface area contributed by atoms with Crippen molar-refractivity contribution in [3.63, 3.8) is 0 Å². The number of fused-ring (bicyclic) bond motifs is 4. The number of rotatable bonds is 11. The molecule has 3 atom stereocenters. The summed E-state index contributed by atoms with van der Waals surface area (Å²) in [5, 5.41) is 8.24. The van der Waals surface area contributed by atoms with E-state index in [-0.39, 0.29) is 36.9 Å². The molecule has 1 N–H and O–H groups in total. The number of alkyl halides is 8. The van der Waals surface area contributed by atoms with E-state index in [0.717, 1.165) is 42.7 Å². The molecular formula is C42H34ClF10N7O8S2. The zero-order valence-electron chi connectivity index (χ0n) is 36.5. The Labute approximate surface area is 395 Å². The normalized spacial score (nSPS) is 17.0. The first-order valence-electron chi connectivity index (χ1n) is 20.1. The topological polar surface area (TPSA) is 193 Å². The molecule has 70 heavy (non-hydrogen) atoms.